The molecule has 2 unspecified atom stereocenters. The van der Waals surface area contributed by atoms with Crippen LogP contribution < -0.4 is 18.7 Å². The van der Waals surface area contributed by atoms with Crippen LogP contribution in [0.1, 0.15) is 39.7 Å². The van der Waals surface area contributed by atoms with Crippen LogP contribution in [0.4, 0.5) is 24.7 Å². The first kappa shape index (κ1) is 34.7. The monoisotopic (exact) mass is 686 g/mol. The van der Waals surface area contributed by atoms with E-state index in [-0.39, 0.29) is 23.5 Å². The highest BCUT2D eigenvalue weighted by atomic mass is 35.5. The fraction of sp³-hybridized carbons (Fsp3) is 0.400. The third kappa shape index (κ3) is 7.45. The van der Waals surface area contributed by atoms with Crippen molar-refractivity contribution in [1.82, 2.24) is 4.98 Å². The van der Waals surface area contributed by atoms with Crippen molar-refractivity contribution in [2.75, 3.05) is 36.5 Å². The Morgan fingerprint density at radius 2 is 1.89 bits per heavy atom. The zero-order chi connectivity index (χ0) is 33.3. The topological polar surface area (TPSA) is 107 Å². The Hall–Kier alpha value is -3.20. The highest BCUT2D eigenvalue weighted by Crippen LogP contribution is 2.41. The number of methoxy groups -OCH3 is 2. The largest absolute Gasteiger partial charge is 0.591 e. The summed E-state index contributed by atoms with van der Waals surface area (Å²) in [5.74, 6) is -3.70. The van der Waals surface area contributed by atoms with Crippen molar-refractivity contribution in [3.8, 4) is 11.5 Å². The van der Waals surface area contributed by atoms with Gasteiger partial charge in [0.05, 0.1) is 32.7 Å². The van der Waals surface area contributed by atoms with Crippen LogP contribution in [-0.4, -0.2) is 56.2 Å². The molecular formula is C30H34ClF3N4O5S2. The van der Waals surface area contributed by atoms with Crippen LogP contribution in [0, 0.1) is 23.0 Å². The Bertz CT molecular complexity index is 1710. The lowest BCUT2D eigenvalue weighted by Crippen LogP contribution is -2.33. The lowest BCUT2D eigenvalue weighted by atomic mass is 9.92. The van der Waals surface area contributed by atoms with Crippen LogP contribution >= 0.6 is 11.6 Å². The maximum absolute atomic E-state index is 16.0. The Kier molecular flexibility index (Phi) is 10.2. The van der Waals surface area contributed by atoms with E-state index in [0.29, 0.717) is 23.0 Å². The fourth-order valence-corrected chi connectivity index (χ4v) is 7.24. The fourth-order valence-electron chi connectivity index (χ4n) is 4.73. The Morgan fingerprint density at radius 1 is 1.18 bits per heavy atom. The van der Waals surface area contributed by atoms with Crippen LogP contribution in [-0.2, 0) is 27.9 Å². The minimum absolute atomic E-state index is 0.0491. The van der Waals surface area contributed by atoms with E-state index in [4.69, 9.17) is 21.1 Å². The number of hydrogen-bond acceptors (Lipinski definition) is 8. The van der Waals surface area contributed by atoms with E-state index >= 15 is 8.78 Å². The number of benzene rings is 2. The number of pyridine rings is 1. The van der Waals surface area contributed by atoms with E-state index in [0.717, 1.165) is 12.1 Å². The second-order valence-corrected chi connectivity index (χ2v) is 15.9. The van der Waals surface area contributed by atoms with Crippen molar-refractivity contribution < 1.29 is 35.6 Å². The molecule has 4 rings (SSSR count). The van der Waals surface area contributed by atoms with Crippen LogP contribution in [0.15, 0.2) is 51.8 Å². The molecule has 0 saturated carbocycles. The van der Waals surface area contributed by atoms with Crippen LogP contribution in [0.2, 0.25) is 5.02 Å². The SMILES string of the molecule is COc1ccc(CN(c2cccc(F)n2)S(=O)(=O)c2c(F)cc(N3CCC(C)(C=N[S+]([O-])C(C)(C)C)C3)c(Cl)c2F)c(OC)c1. The molecule has 1 aliphatic heterocycles. The number of hydrogen-bond donors (Lipinski definition) is 0. The average Bonchev–Trinajstić information content (AvgIpc) is 3.37. The normalized spacial score (nSPS) is 18.0. The van der Waals surface area contributed by atoms with Gasteiger partial charge in [-0.2, -0.15) is 4.39 Å². The van der Waals surface area contributed by atoms with Crippen molar-refractivity contribution in [2.24, 2.45) is 9.81 Å². The number of nitrogens with zero attached hydrogens (tertiary/aromatic N) is 4. The molecule has 244 valence electrons. The third-order valence-corrected chi connectivity index (χ3v) is 10.7. The van der Waals surface area contributed by atoms with Gasteiger partial charge in [0, 0.05) is 36.2 Å². The zero-order valence-corrected chi connectivity index (χ0v) is 28.0. The molecule has 15 heteroatoms. The van der Waals surface area contributed by atoms with Crippen LogP contribution in [0.5, 0.6) is 11.5 Å². The second-order valence-electron chi connectivity index (χ2n) is 11.8. The van der Waals surface area contributed by atoms with Gasteiger partial charge in [-0.1, -0.05) is 29.0 Å². The summed E-state index contributed by atoms with van der Waals surface area (Å²) in [5.41, 5.74) is -0.354. The van der Waals surface area contributed by atoms with E-state index in [2.05, 4.69) is 9.38 Å². The van der Waals surface area contributed by atoms with Gasteiger partial charge in [-0.15, -0.1) is 0 Å². The van der Waals surface area contributed by atoms with Crippen molar-refractivity contribution in [1.29, 1.82) is 0 Å². The lowest BCUT2D eigenvalue weighted by Gasteiger charge is -2.27. The van der Waals surface area contributed by atoms with E-state index in [1.807, 2.05) is 6.92 Å². The maximum Gasteiger partial charge on any atom is 0.271 e. The van der Waals surface area contributed by atoms with Gasteiger partial charge in [-0.25, -0.2) is 26.5 Å². The van der Waals surface area contributed by atoms with Crippen molar-refractivity contribution in [3.05, 3.63) is 70.6 Å². The molecule has 3 aromatic rings. The van der Waals surface area contributed by atoms with Gasteiger partial charge in [0.1, 0.15) is 44.3 Å². The van der Waals surface area contributed by atoms with Gasteiger partial charge in [0.25, 0.3) is 10.0 Å². The molecule has 9 nitrogen and oxygen atoms in total. The maximum atomic E-state index is 16.0. The summed E-state index contributed by atoms with van der Waals surface area (Å²) in [6.07, 6.45) is 2.10. The molecule has 2 heterocycles. The molecule has 1 aliphatic rings. The Labute approximate surface area is 269 Å². The number of aromatic nitrogens is 1. The third-order valence-electron chi connectivity index (χ3n) is 7.24. The van der Waals surface area contributed by atoms with Crippen molar-refractivity contribution >= 4 is 50.7 Å². The van der Waals surface area contributed by atoms with Crippen molar-refractivity contribution in [3.63, 3.8) is 0 Å². The molecule has 0 aliphatic carbocycles. The van der Waals surface area contributed by atoms with E-state index < -0.39 is 71.4 Å². The van der Waals surface area contributed by atoms with E-state index in [1.165, 1.54) is 38.5 Å². The first-order chi connectivity index (χ1) is 21.0. The average molecular weight is 687 g/mol. The van der Waals surface area contributed by atoms with E-state index in [9.17, 15) is 17.4 Å². The molecule has 2 atom stereocenters. The number of halogens is 4. The summed E-state index contributed by atoms with van der Waals surface area (Å²) in [4.78, 5) is 3.96. The van der Waals surface area contributed by atoms with Crippen molar-refractivity contribution in [2.45, 2.75) is 50.3 Å². The van der Waals surface area contributed by atoms with Gasteiger partial charge in [-0.3, -0.25) is 0 Å². The summed E-state index contributed by atoms with van der Waals surface area (Å²) in [6.45, 7) is 7.29. The molecule has 1 aromatic heterocycles. The smallest absolute Gasteiger partial charge is 0.271 e. The molecule has 45 heavy (non-hydrogen) atoms. The molecule has 2 aromatic carbocycles. The van der Waals surface area contributed by atoms with E-state index in [1.54, 1.807) is 38.0 Å². The molecule has 0 bridgehead atoms. The van der Waals surface area contributed by atoms with Gasteiger partial charge >= 0.3 is 0 Å². The number of anilines is 2. The van der Waals surface area contributed by atoms with Gasteiger partial charge in [0.15, 0.2) is 10.7 Å². The summed E-state index contributed by atoms with van der Waals surface area (Å²) in [5, 5.41) is -0.608. The van der Waals surface area contributed by atoms with Crippen LogP contribution in [0.3, 0.4) is 0 Å². The Balaban J connectivity index is 1.74. The highest BCUT2D eigenvalue weighted by molar-refractivity contribution is 7.92. The Morgan fingerprint density at radius 3 is 2.51 bits per heavy atom. The highest BCUT2D eigenvalue weighted by Gasteiger charge is 2.39. The zero-order valence-electron chi connectivity index (χ0n) is 25.6. The standard InChI is InChI=1S/C30H34ClF3N4O5S2/c1-29(2,3)44(39)35-17-30(4)12-13-37(18-30)22-15-21(32)28(27(34)26(22)31)45(40,41)38(25-9-7-8-24(33)36-25)16-19-10-11-20(42-5)14-23(19)43-6/h7-11,14-15,17H,12-13,16,18H2,1-6H3. The second kappa shape index (κ2) is 13.3. The lowest BCUT2D eigenvalue weighted by molar-refractivity contribution is 0.391. The summed E-state index contributed by atoms with van der Waals surface area (Å²) < 4.78 is 101. The molecule has 0 spiro atoms. The molecule has 0 amide bonds. The molecule has 0 N–H and O–H groups in total. The van der Waals surface area contributed by atoms with Gasteiger partial charge in [-0.05, 0) is 51.5 Å². The predicted molar refractivity (Wildman–Crippen MR) is 170 cm³/mol. The molecular weight excluding hydrogens is 653 g/mol. The summed E-state index contributed by atoms with van der Waals surface area (Å²) in [7, 11) is -2.29. The summed E-state index contributed by atoms with van der Waals surface area (Å²) >= 11 is 4.91. The minimum atomic E-state index is -5.08. The van der Waals surface area contributed by atoms with Gasteiger partial charge in [0.2, 0.25) is 5.95 Å². The molecule has 1 fully saturated rings. The number of sulfonamides is 1. The minimum Gasteiger partial charge on any atom is -0.591 e. The number of rotatable bonds is 10. The number of ether oxygens (including phenoxy) is 2. The first-order valence-corrected chi connectivity index (χ1v) is 16.7. The quantitative estimate of drug-likeness (QED) is 0.106. The first-order valence-electron chi connectivity index (χ1n) is 13.8. The van der Waals surface area contributed by atoms with Crippen LogP contribution in [0.25, 0.3) is 0 Å². The predicted octanol–water partition coefficient (Wildman–Crippen LogP) is 6.31. The van der Waals surface area contributed by atoms with Gasteiger partial charge < -0.3 is 18.9 Å². The molecule has 0 radical (unpaired) electrons. The summed E-state index contributed by atoms with van der Waals surface area (Å²) in [6, 6.07) is 8.84. The molecule has 1 saturated heterocycles.